The maximum atomic E-state index is 14.4. The van der Waals surface area contributed by atoms with E-state index in [-0.39, 0.29) is 110 Å². The number of hydrogen-bond acceptors (Lipinski definition) is 10. The zero-order valence-electron chi connectivity index (χ0n) is 75.0. The Bertz CT molecular complexity index is 6990. The predicted molar refractivity (Wildman–Crippen MR) is 498 cm³/mol. The summed E-state index contributed by atoms with van der Waals surface area (Å²) in [4.78, 5) is 43.4. The van der Waals surface area contributed by atoms with Crippen molar-refractivity contribution in [2.45, 2.75) is 71.6 Å². The fraction of sp³-hybridized carbons (Fsp3) is 0.101. The minimum absolute atomic E-state index is 0. The van der Waals surface area contributed by atoms with E-state index >= 15 is 0 Å². The van der Waals surface area contributed by atoms with Gasteiger partial charge in [0, 0.05) is 104 Å². The van der Waals surface area contributed by atoms with E-state index < -0.39 is 66.2 Å². The summed E-state index contributed by atoms with van der Waals surface area (Å²) in [6.45, 7) is 15.2. The Morgan fingerprint density at radius 3 is 0.950 bits per heavy atom. The van der Waals surface area contributed by atoms with Crippen molar-refractivity contribution >= 4 is 7.81 Å². The summed E-state index contributed by atoms with van der Waals surface area (Å²) in [5.74, 6) is -4.58. The molecule has 10 aromatic heterocycles. The van der Waals surface area contributed by atoms with Gasteiger partial charge in [0.2, 0.25) is 0 Å². The summed E-state index contributed by atoms with van der Waals surface area (Å²) in [6, 6.07) is 103. The van der Waals surface area contributed by atoms with Crippen molar-refractivity contribution < 1.29 is 138 Å². The fourth-order valence-corrected chi connectivity index (χ4v) is 12.8. The van der Waals surface area contributed by atoms with E-state index in [1.165, 1.54) is 47.7 Å². The third kappa shape index (κ3) is 33.6. The molecule has 0 unspecified atom stereocenters. The van der Waals surface area contributed by atoms with E-state index in [2.05, 4.69) is 159 Å². The monoisotopic (exact) mass is 2480 g/mol. The largest absolute Gasteiger partial charge is 3.00 e. The average Bonchev–Trinajstić information content (AvgIpc) is 0.783. The van der Waals surface area contributed by atoms with Gasteiger partial charge in [-0.25, -0.2) is 0 Å². The molecule has 10 heterocycles. The first-order valence-electron chi connectivity index (χ1n) is 41.7. The van der Waals surface area contributed by atoms with Gasteiger partial charge in [-0.3, -0.25) is 51.3 Å². The normalized spacial score (nSPS) is 11.5. The summed E-state index contributed by atoms with van der Waals surface area (Å²) in [5, 5.41) is 0. The molecule has 141 heavy (non-hydrogen) atoms. The average molecular weight is 2480 g/mol. The van der Waals surface area contributed by atoms with Gasteiger partial charge in [-0.15, -0.1) is 174 Å². The van der Waals surface area contributed by atoms with Gasteiger partial charge in [-0.1, -0.05) is 226 Å². The number of aryl methyl sites for hydroxylation is 1. The minimum atomic E-state index is -10.7. The molecule has 18 rings (SSSR count). The fourth-order valence-electron chi connectivity index (χ4n) is 12.8. The number of aromatic nitrogens is 10. The van der Waals surface area contributed by atoms with Crippen molar-refractivity contribution in [1.82, 2.24) is 49.8 Å². The van der Waals surface area contributed by atoms with Crippen LogP contribution in [0, 0.1) is 90.4 Å². The topological polar surface area (TPSA) is 129 Å². The molecule has 0 aliphatic rings. The van der Waals surface area contributed by atoms with Crippen LogP contribution in [-0.2, 0) is 83.5 Å². The van der Waals surface area contributed by atoms with Crippen LogP contribution in [0.5, 0.6) is 0 Å². The second-order valence-electron chi connectivity index (χ2n) is 32.1. The van der Waals surface area contributed by atoms with Crippen LogP contribution in [-0.4, -0.2) is 49.8 Å². The van der Waals surface area contributed by atoms with E-state index in [0.29, 0.717) is 40.0 Å². The molecule has 0 aliphatic carbocycles. The number of pyridine rings is 10. The molecule has 0 fully saturated rings. The number of alkyl halides is 6. The Balaban J connectivity index is 0.000000188. The van der Waals surface area contributed by atoms with Crippen LogP contribution in [0.15, 0.2) is 335 Å². The van der Waals surface area contributed by atoms with Crippen molar-refractivity contribution in [2.75, 3.05) is 0 Å². The van der Waals surface area contributed by atoms with E-state index in [1.54, 1.807) is 85.5 Å². The van der Waals surface area contributed by atoms with Gasteiger partial charge in [0.05, 0.1) is 23.0 Å². The van der Waals surface area contributed by atoms with Gasteiger partial charge in [-0.05, 0) is 133 Å². The molecule has 0 atom stereocenters. The molecule has 723 valence electrons. The van der Waals surface area contributed by atoms with Crippen molar-refractivity contribution in [3.8, 4) is 135 Å². The molecule has 1 radical (unpaired) electrons. The second-order valence-corrected chi connectivity index (χ2v) is 34.0. The Labute approximate surface area is 842 Å². The molecular weight excluding hydrogens is 2400 g/mol. The van der Waals surface area contributed by atoms with Crippen LogP contribution >= 0.6 is 7.81 Å². The molecule has 0 aliphatic heterocycles. The standard InChI is InChI=1S/C24H15F3N2.C22H10F4N2.C22H14N2.C18H24N2.C12H7F3N.C11H6F2N.F6P.3Ir/c1-16-8-9-18(21-5-2-3-14-28-21)15-20(16)23-7-4-6-22(29-23)17-10-12-19(13-11-17)24(25,26)27;23-13-7-8-14(17(24)10-13)21-5-3-6-22(28-21)16-11-15(18(25)12-19(16)26)20-4-1-2-9-27-20;1-2-8-17(9-3-1)21-13-7-14-22(24-21)19-11-6-10-18(16-19)20-12-4-5-15-23-20;1-17(2,3)13-7-9-19-15(11-13)16-12-14(8-10-20-16)18(4,5)6;13-12(14,15)10-6-4-9(5-7-10)11-3-1-2-8-16-11;12-8-4-5-9(10(13)7-8)11-3-1-2-6-14-11;1-7(2,3,4,5)6;;;/h2-10,12-14H,1H3;1-7,9-10,12H;1-8,10-15H;7-12H,1-6H3;1-4,6-8H;1-4,6-7H;;;;/q3*-2;;3*-1;;2*+3. The maximum Gasteiger partial charge on any atom is 3.00 e. The molecule has 0 bridgehead atoms. The molecule has 0 amide bonds. The number of nitrogens with zero attached hydrogens (tertiary/aromatic N) is 10. The Morgan fingerprint density at radius 1 is 0.248 bits per heavy atom. The van der Waals surface area contributed by atoms with Crippen LogP contribution < -0.4 is 0 Å². The molecule has 32 heteroatoms. The number of rotatable bonds is 12. The second kappa shape index (κ2) is 48.0. The Morgan fingerprint density at radius 2 is 0.553 bits per heavy atom. The van der Waals surface area contributed by atoms with Gasteiger partial charge in [-0.2, -0.15) is 26.3 Å². The first-order valence-corrected chi connectivity index (χ1v) is 43.7. The SMILES string of the molecule is CC(C)(C)c1ccnc(-c2cc(C(C)(C)C)ccn2)c1.Cc1ccc(-c2ccccn2)[c-]c1-c1cccc(-c2[c-]cc(C(F)(F)F)cc2)n1.FC(F)(F)c1c[c-]c(-c2ccccn2)cc1.F[P-](F)(F)(F)(F)F.Fc1c[c-]c(-c2cccc(-c3[c-]c(-c4ccccn4)c(F)cc3F)n2)c(F)c1.Fc1c[c-]c(-c2ccccn2)c(F)c1.[Ir+3].[Ir+3].[Ir].[c-]1ccccc1-c1cccc(-c2[c-]c(-c3ccccn3)ccc2)n1. The summed E-state index contributed by atoms with van der Waals surface area (Å²) >= 11 is 0. The molecule has 18 aromatic rings. The summed E-state index contributed by atoms with van der Waals surface area (Å²) < 4.78 is 216. The van der Waals surface area contributed by atoms with E-state index in [1.807, 2.05) is 141 Å². The zero-order chi connectivity index (χ0) is 99.2. The van der Waals surface area contributed by atoms with Crippen LogP contribution in [0.25, 0.3) is 135 Å². The first kappa shape index (κ1) is 111. The summed E-state index contributed by atoms with van der Waals surface area (Å²) in [7, 11) is -10.7. The number of halogens is 18. The smallest absolute Gasteiger partial charge is 0.335 e. The third-order valence-corrected chi connectivity index (χ3v) is 19.7. The van der Waals surface area contributed by atoms with E-state index in [9.17, 15) is 77.9 Å². The Kier molecular flexibility index (Phi) is 37.8. The minimum Gasteiger partial charge on any atom is -0.335 e. The van der Waals surface area contributed by atoms with Crippen LogP contribution in [0.3, 0.4) is 0 Å². The van der Waals surface area contributed by atoms with Crippen LogP contribution in [0.1, 0.15) is 69.4 Å². The molecule has 0 N–H and O–H groups in total. The molecule has 8 aromatic carbocycles. The zero-order valence-corrected chi connectivity index (χ0v) is 83.1. The van der Waals surface area contributed by atoms with Gasteiger partial charge in [0.25, 0.3) is 0 Å². The quantitative estimate of drug-likeness (QED) is 0.0662. The van der Waals surface area contributed by atoms with E-state index in [0.717, 1.165) is 116 Å². The van der Waals surface area contributed by atoms with Crippen molar-refractivity contribution in [2.24, 2.45) is 0 Å². The molecule has 0 saturated heterocycles. The molecule has 0 spiro atoms. The maximum absolute atomic E-state index is 14.4. The molecular formula is C109H76F18Ir3N10P-3. The number of hydrogen-bond donors (Lipinski definition) is 0. The summed E-state index contributed by atoms with van der Waals surface area (Å²) in [6.07, 6.45) is 3.18. The van der Waals surface area contributed by atoms with Gasteiger partial charge in [0.15, 0.2) is 0 Å². The van der Waals surface area contributed by atoms with Gasteiger partial charge in [0.1, 0.15) is 0 Å². The Hall–Kier alpha value is -13.6. The third-order valence-electron chi connectivity index (χ3n) is 19.7. The molecule has 0 saturated carbocycles. The van der Waals surface area contributed by atoms with Crippen LogP contribution in [0.4, 0.5) is 77.9 Å². The van der Waals surface area contributed by atoms with E-state index in [4.69, 9.17) is 4.98 Å². The molecule has 10 nitrogen and oxygen atoms in total. The first-order chi connectivity index (χ1) is 65.3. The predicted octanol–water partition coefficient (Wildman–Crippen LogP) is 31.6. The summed E-state index contributed by atoms with van der Waals surface area (Å²) in [5.41, 5.74) is 16.3. The number of benzene rings is 8. The van der Waals surface area contributed by atoms with Crippen molar-refractivity contribution in [3.63, 3.8) is 0 Å². The van der Waals surface area contributed by atoms with Crippen molar-refractivity contribution in [3.05, 3.63) is 446 Å². The van der Waals surface area contributed by atoms with Crippen LogP contribution in [0.2, 0.25) is 0 Å². The van der Waals surface area contributed by atoms with Gasteiger partial charge < -0.3 is 24.9 Å². The van der Waals surface area contributed by atoms with Gasteiger partial charge >= 0.3 is 85.6 Å². The van der Waals surface area contributed by atoms with Crippen molar-refractivity contribution in [1.29, 1.82) is 0 Å².